The molecule has 2 heterocycles. The first-order valence-electron chi connectivity index (χ1n) is 9.35. The summed E-state index contributed by atoms with van der Waals surface area (Å²) in [5, 5.41) is 14.4. The van der Waals surface area contributed by atoms with Gasteiger partial charge in [-0.2, -0.15) is 0 Å². The smallest absolute Gasteiger partial charge is 0.223 e. The van der Waals surface area contributed by atoms with Gasteiger partial charge in [-0.05, 0) is 56.5 Å². The number of halogens is 1. The topological polar surface area (TPSA) is 70.5 Å². The molecule has 1 fully saturated rings. The minimum absolute atomic E-state index is 0.274. The van der Waals surface area contributed by atoms with Gasteiger partial charge in [-0.15, -0.1) is 0 Å². The number of ether oxygens (including phenoxy) is 1. The Bertz CT molecular complexity index is 751. The minimum atomic E-state index is -0.523. The summed E-state index contributed by atoms with van der Waals surface area (Å²) < 4.78 is 5.69. The zero-order chi connectivity index (χ0) is 19.2. The molecule has 1 unspecified atom stereocenters. The van der Waals surface area contributed by atoms with Gasteiger partial charge in [0.15, 0.2) is 0 Å². The number of β-amino-alcohol motifs (C(OH)–C–C–N with tert-alkyl or cyclic N) is 1. The van der Waals surface area contributed by atoms with Gasteiger partial charge in [0.1, 0.15) is 18.5 Å². The van der Waals surface area contributed by atoms with Gasteiger partial charge in [-0.3, -0.25) is 0 Å². The van der Waals surface area contributed by atoms with Crippen LogP contribution in [-0.2, 0) is 0 Å². The lowest BCUT2D eigenvalue weighted by atomic mass is 10.0. The molecule has 1 aliphatic rings. The van der Waals surface area contributed by atoms with Crippen LogP contribution in [0.15, 0.2) is 30.5 Å². The van der Waals surface area contributed by atoms with Crippen LogP contribution in [0.3, 0.4) is 0 Å². The first-order chi connectivity index (χ1) is 13.0. The number of piperidine rings is 1. The van der Waals surface area contributed by atoms with Gasteiger partial charge in [0, 0.05) is 42.6 Å². The zero-order valence-electron chi connectivity index (χ0n) is 15.9. The number of aromatic nitrogens is 2. The Morgan fingerprint density at radius 3 is 2.78 bits per heavy atom. The highest BCUT2D eigenvalue weighted by Crippen LogP contribution is 2.21. The Kier molecular flexibility index (Phi) is 6.88. The zero-order valence-corrected chi connectivity index (χ0v) is 16.6. The van der Waals surface area contributed by atoms with Gasteiger partial charge < -0.3 is 20.1 Å². The first kappa shape index (κ1) is 19.9. The van der Waals surface area contributed by atoms with Crippen LogP contribution in [0.5, 0.6) is 5.75 Å². The van der Waals surface area contributed by atoms with Crippen LogP contribution in [0.4, 0.5) is 5.95 Å². The number of anilines is 1. The van der Waals surface area contributed by atoms with Crippen molar-refractivity contribution in [1.29, 1.82) is 0 Å². The lowest BCUT2D eigenvalue weighted by molar-refractivity contribution is 0.0604. The molecule has 0 radical (unpaired) electrons. The van der Waals surface area contributed by atoms with E-state index in [2.05, 4.69) is 20.2 Å². The van der Waals surface area contributed by atoms with E-state index in [1.165, 1.54) is 0 Å². The van der Waals surface area contributed by atoms with Crippen molar-refractivity contribution in [2.24, 2.45) is 0 Å². The number of nitrogens with zero attached hydrogens (tertiary/aromatic N) is 3. The van der Waals surface area contributed by atoms with Crippen molar-refractivity contribution in [3.8, 4) is 5.75 Å². The summed E-state index contributed by atoms with van der Waals surface area (Å²) in [7, 11) is 0. The molecule has 0 aliphatic carbocycles. The molecular weight excluding hydrogens is 364 g/mol. The first-order valence-corrected chi connectivity index (χ1v) is 9.73. The maximum absolute atomic E-state index is 10.3. The van der Waals surface area contributed by atoms with Crippen LogP contribution in [0.1, 0.15) is 24.1 Å². The predicted molar refractivity (Wildman–Crippen MR) is 108 cm³/mol. The highest BCUT2D eigenvalue weighted by atomic mass is 35.5. The maximum Gasteiger partial charge on any atom is 0.223 e. The van der Waals surface area contributed by atoms with Gasteiger partial charge in [-0.1, -0.05) is 11.6 Å². The second kappa shape index (κ2) is 9.35. The number of rotatable bonds is 7. The predicted octanol–water partition coefficient (Wildman–Crippen LogP) is 3.06. The molecule has 1 aliphatic heterocycles. The lowest BCUT2D eigenvalue weighted by Gasteiger charge is -2.33. The average molecular weight is 391 g/mol. The number of hydrogen-bond acceptors (Lipinski definition) is 6. The number of hydrogen-bond donors (Lipinski definition) is 2. The van der Waals surface area contributed by atoms with E-state index in [9.17, 15) is 5.11 Å². The molecule has 1 saturated heterocycles. The number of aryl methyl sites for hydroxylation is 2. The maximum atomic E-state index is 10.3. The Labute approximate surface area is 165 Å². The second-order valence-electron chi connectivity index (χ2n) is 7.12. The van der Waals surface area contributed by atoms with Gasteiger partial charge in [0.05, 0.1) is 0 Å². The molecule has 0 amide bonds. The summed E-state index contributed by atoms with van der Waals surface area (Å²) in [5.74, 6) is 1.43. The highest BCUT2D eigenvalue weighted by molar-refractivity contribution is 6.31. The minimum Gasteiger partial charge on any atom is -0.491 e. The molecule has 6 nitrogen and oxygen atoms in total. The number of nitrogens with one attached hydrogen (secondary N) is 1. The van der Waals surface area contributed by atoms with Crippen LogP contribution in [0.2, 0.25) is 5.02 Å². The van der Waals surface area contributed by atoms with Gasteiger partial charge >= 0.3 is 0 Å². The van der Waals surface area contributed by atoms with E-state index in [0.29, 0.717) is 18.5 Å². The fourth-order valence-corrected chi connectivity index (χ4v) is 3.33. The molecule has 0 bridgehead atoms. The Morgan fingerprint density at radius 2 is 2.07 bits per heavy atom. The Morgan fingerprint density at radius 1 is 1.30 bits per heavy atom. The Balaban J connectivity index is 1.38. The number of likely N-dealkylation sites (tertiary alicyclic amines) is 1. The molecule has 2 N–H and O–H groups in total. The van der Waals surface area contributed by atoms with Gasteiger partial charge in [-0.25, -0.2) is 9.97 Å². The van der Waals surface area contributed by atoms with Crippen molar-refractivity contribution >= 4 is 17.5 Å². The molecule has 1 atom stereocenters. The SMILES string of the molecule is Cc1ccnc(NC2CCN(CC(O)COc3ccc(Cl)c(C)c3)CC2)n1. The number of benzene rings is 1. The fraction of sp³-hybridized carbons (Fsp3) is 0.500. The molecule has 1 aromatic heterocycles. The fourth-order valence-electron chi connectivity index (χ4n) is 3.21. The standard InChI is InChI=1S/C20H27ClN4O2/c1-14-11-18(3-4-19(14)21)27-13-17(26)12-25-9-6-16(7-10-25)24-20-22-8-5-15(2)23-20/h3-5,8,11,16-17,26H,6-7,9-10,12-13H2,1-2H3,(H,22,23,24). The van der Waals surface area contributed by atoms with E-state index >= 15 is 0 Å². The molecule has 3 rings (SSSR count). The van der Waals surface area contributed by atoms with E-state index in [-0.39, 0.29) is 6.61 Å². The number of aliphatic hydroxyl groups is 1. The van der Waals surface area contributed by atoms with Crippen LogP contribution in [0.25, 0.3) is 0 Å². The summed E-state index contributed by atoms with van der Waals surface area (Å²) >= 11 is 6.02. The largest absolute Gasteiger partial charge is 0.491 e. The van der Waals surface area contributed by atoms with Crippen molar-refractivity contribution < 1.29 is 9.84 Å². The van der Waals surface area contributed by atoms with Crippen molar-refractivity contribution in [2.45, 2.75) is 38.8 Å². The molecule has 0 saturated carbocycles. The molecule has 146 valence electrons. The third kappa shape index (κ3) is 6.06. The summed E-state index contributed by atoms with van der Waals surface area (Å²) in [6.07, 6.45) is 3.26. The summed E-state index contributed by atoms with van der Waals surface area (Å²) in [5.41, 5.74) is 1.93. The monoisotopic (exact) mass is 390 g/mol. The molecule has 27 heavy (non-hydrogen) atoms. The summed E-state index contributed by atoms with van der Waals surface area (Å²) in [6.45, 7) is 6.65. The Hall–Kier alpha value is -1.89. The van der Waals surface area contributed by atoms with Gasteiger partial charge in [0.2, 0.25) is 5.95 Å². The van der Waals surface area contributed by atoms with Crippen molar-refractivity contribution in [2.75, 3.05) is 31.6 Å². The van der Waals surface area contributed by atoms with Crippen LogP contribution in [0, 0.1) is 13.8 Å². The third-order valence-corrected chi connectivity index (χ3v) is 5.18. The summed E-state index contributed by atoms with van der Waals surface area (Å²) in [6, 6.07) is 7.79. The van der Waals surface area contributed by atoms with Crippen LogP contribution < -0.4 is 10.1 Å². The van der Waals surface area contributed by atoms with Crippen LogP contribution >= 0.6 is 11.6 Å². The highest BCUT2D eigenvalue weighted by Gasteiger charge is 2.21. The van der Waals surface area contributed by atoms with E-state index in [0.717, 1.165) is 48.0 Å². The van der Waals surface area contributed by atoms with E-state index < -0.39 is 6.10 Å². The quantitative estimate of drug-likeness (QED) is 0.757. The lowest BCUT2D eigenvalue weighted by Crippen LogP contribution is -2.43. The molecule has 0 spiro atoms. The number of aliphatic hydroxyl groups excluding tert-OH is 1. The second-order valence-corrected chi connectivity index (χ2v) is 7.52. The molecular formula is C20H27ClN4O2. The van der Waals surface area contributed by atoms with Crippen LogP contribution in [-0.4, -0.2) is 58.4 Å². The van der Waals surface area contributed by atoms with E-state index in [4.69, 9.17) is 16.3 Å². The molecule has 2 aromatic rings. The summed E-state index contributed by atoms with van der Waals surface area (Å²) in [4.78, 5) is 10.9. The van der Waals surface area contributed by atoms with E-state index in [1.807, 2.05) is 38.1 Å². The molecule has 1 aromatic carbocycles. The van der Waals surface area contributed by atoms with E-state index in [1.54, 1.807) is 6.20 Å². The normalized spacial score (nSPS) is 16.9. The van der Waals surface area contributed by atoms with Crippen molar-refractivity contribution in [3.63, 3.8) is 0 Å². The van der Waals surface area contributed by atoms with Crippen molar-refractivity contribution in [1.82, 2.24) is 14.9 Å². The average Bonchev–Trinajstić information content (AvgIpc) is 2.64. The third-order valence-electron chi connectivity index (χ3n) is 4.76. The van der Waals surface area contributed by atoms with Crippen molar-refractivity contribution in [3.05, 3.63) is 46.7 Å². The van der Waals surface area contributed by atoms with Gasteiger partial charge in [0.25, 0.3) is 0 Å². The molecule has 7 heteroatoms.